The van der Waals surface area contributed by atoms with Gasteiger partial charge in [0.1, 0.15) is 11.4 Å². The molecule has 4 aromatic rings. The van der Waals surface area contributed by atoms with Crippen molar-refractivity contribution in [3.8, 4) is 11.5 Å². The summed E-state index contributed by atoms with van der Waals surface area (Å²) in [4.78, 5) is 27.7. The van der Waals surface area contributed by atoms with E-state index in [1.807, 2.05) is 60.7 Å². The Morgan fingerprint density at radius 1 is 0.862 bits per heavy atom. The third-order valence-corrected chi connectivity index (χ3v) is 4.32. The number of carbonyl (C=O) groups excluding carboxylic acids is 2. The molecule has 0 aliphatic heterocycles. The largest absolute Gasteiger partial charge is 0.455 e. The van der Waals surface area contributed by atoms with Gasteiger partial charge in [-0.1, -0.05) is 48.5 Å². The third-order valence-electron chi connectivity index (χ3n) is 4.32. The van der Waals surface area contributed by atoms with Gasteiger partial charge in [0.2, 0.25) is 5.91 Å². The average molecular weight is 385 g/mol. The van der Waals surface area contributed by atoms with Crippen LogP contribution < -0.4 is 15.4 Å². The lowest BCUT2D eigenvalue weighted by molar-refractivity contribution is -0.115. The van der Waals surface area contributed by atoms with Crippen LogP contribution in [0.15, 0.2) is 84.9 Å². The van der Waals surface area contributed by atoms with Gasteiger partial charge in [-0.25, -0.2) is 0 Å². The van der Waals surface area contributed by atoms with Crippen molar-refractivity contribution in [2.45, 2.75) is 0 Å². The van der Waals surface area contributed by atoms with E-state index < -0.39 is 0 Å². The quantitative estimate of drug-likeness (QED) is 0.462. The van der Waals surface area contributed by atoms with E-state index in [1.54, 1.807) is 24.3 Å². The zero-order valence-electron chi connectivity index (χ0n) is 15.5. The zero-order valence-corrected chi connectivity index (χ0v) is 15.5. The maximum Gasteiger partial charge on any atom is 0.268 e. The molecule has 6 heteroatoms. The summed E-state index contributed by atoms with van der Waals surface area (Å²) >= 11 is 0. The Bertz CT molecular complexity index is 1120. The topological polar surface area (TPSA) is 83.2 Å². The van der Waals surface area contributed by atoms with Crippen molar-refractivity contribution in [1.82, 2.24) is 10.3 Å². The van der Waals surface area contributed by atoms with E-state index in [2.05, 4.69) is 15.6 Å². The molecule has 3 aromatic carbocycles. The van der Waals surface area contributed by atoms with Crippen LogP contribution in [-0.2, 0) is 4.79 Å². The molecule has 0 aliphatic carbocycles. The first kappa shape index (κ1) is 18.3. The summed E-state index contributed by atoms with van der Waals surface area (Å²) in [6, 6.07) is 25.8. The van der Waals surface area contributed by atoms with Gasteiger partial charge in [-0.2, -0.15) is 0 Å². The van der Waals surface area contributed by atoms with Gasteiger partial charge >= 0.3 is 0 Å². The van der Waals surface area contributed by atoms with Gasteiger partial charge in [-0.3, -0.25) is 9.59 Å². The molecular formula is C23H19N3O3. The number of nitrogens with one attached hydrogen (secondary N) is 3. The van der Waals surface area contributed by atoms with E-state index in [0.717, 1.165) is 10.9 Å². The molecule has 144 valence electrons. The van der Waals surface area contributed by atoms with Crippen molar-refractivity contribution in [2.75, 3.05) is 11.9 Å². The normalized spacial score (nSPS) is 10.5. The fourth-order valence-corrected chi connectivity index (χ4v) is 2.92. The Hall–Kier alpha value is -4.06. The van der Waals surface area contributed by atoms with Crippen LogP contribution in [0.3, 0.4) is 0 Å². The summed E-state index contributed by atoms with van der Waals surface area (Å²) in [6.07, 6.45) is 0. The number of aromatic amines is 1. The Morgan fingerprint density at radius 3 is 2.41 bits per heavy atom. The van der Waals surface area contributed by atoms with Crippen molar-refractivity contribution >= 4 is 28.4 Å². The first-order valence-corrected chi connectivity index (χ1v) is 9.17. The number of amides is 2. The number of carbonyl (C=O) groups is 2. The van der Waals surface area contributed by atoms with Crippen LogP contribution in [0.1, 0.15) is 10.5 Å². The monoisotopic (exact) mass is 385 g/mol. The van der Waals surface area contributed by atoms with Crippen LogP contribution in [-0.4, -0.2) is 23.3 Å². The molecule has 0 spiro atoms. The minimum atomic E-state index is -0.349. The van der Waals surface area contributed by atoms with Gasteiger partial charge in [0.15, 0.2) is 5.75 Å². The second-order valence-electron chi connectivity index (χ2n) is 6.41. The molecule has 0 radical (unpaired) electrons. The van der Waals surface area contributed by atoms with E-state index in [4.69, 9.17) is 4.74 Å². The lowest BCUT2D eigenvalue weighted by atomic mass is 10.2. The predicted molar refractivity (Wildman–Crippen MR) is 112 cm³/mol. The standard InChI is InChI=1S/C23H19N3O3/c27-22(15-24-23(28)20-14-16-8-4-5-11-18(16)25-20)26-19-12-6-7-13-21(19)29-17-9-2-1-3-10-17/h1-14,25H,15H2,(H,24,28)(H,26,27). The number of hydrogen-bond acceptors (Lipinski definition) is 3. The number of fused-ring (bicyclic) bond motifs is 1. The molecule has 3 N–H and O–H groups in total. The summed E-state index contributed by atoms with van der Waals surface area (Å²) in [5.41, 5.74) is 1.81. The second-order valence-corrected chi connectivity index (χ2v) is 6.41. The Balaban J connectivity index is 1.38. The number of para-hydroxylation sites is 4. The van der Waals surface area contributed by atoms with Crippen molar-refractivity contribution in [3.63, 3.8) is 0 Å². The average Bonchev–Trinajstić information content (AvgIpc) is 3.19. The smallest absolute Gasteiger partial charge is 0.268 e. The summed E-state index contributed by atoms with van der Waals surface area (Å²) in [6.45, 7) is -0.159. The van der Waals surface area contributed by atoms with Crippen LogP contribution in [0.5, 0.6) is 11.5 Å². The van der Waals surface area contributed by atoms with E-state index in [0.29, 0.717) is 22.9 Å². The molecule has 0 aliphatic rings. The highest BCUT2D eigenvalue weighted by molar-refractivity contribution is 6.01. The molecule has 1 aromatic heterocycles. The van der Waals surface area contributed by atoms with Crippen LogP contribution in [0.4, 0.5) is 5.69 Å². The molecule has 0 unspecified atom stereocenters. The number of H-pyrrole nitrogens is 1. The third kappa shape index (κ3) is 4.44. The molecule has 1 heterocycles. The van der Waals surface area contributed by atoms with Crippen molar-refractivity contribution in [3.05, 3.63) is 90.6 Å². The second kappa shape index (κ2) is 8.31. The van der Waals surface area contributed by atoms with E-state index in [-0.39, 0.29) is 18.4 Å². The maximum atomic E-state index is 12.3. The van der Waals surface area contributed by atoms with Crippen molar-refractivity contribution in [2.24, 2.45) is 0 Å². The molecule has 0 saturated heterocycles. The van der Waals surface area contributed by atoms with Crippen molar-refractivity contribution < 1.29 is 14.3 Å². The van der Waals surface area contributed by atoms with Crippen molar-refractivity contribution in [1.29, 1.82) is 0 Å². The molecular weight excluding hydrogens is 366 g/mol. The highest BCUT2D eigenvalue weighted by Gasteiger charge is 2.12. The zero-order chi connectivity index (χ0) is 20.1. The summed E-state index contributed by atoms with van der Waals surface area (Å²) in [5.74, 6) is 0.499. The van der Waals surface area contributed by atoms with Crippen LogP contribution in [0.2, 0.25) is 0 Å². The van der Waals surface area contributed by atoms with Gasteiger partial charge in [0.25, 0.3) is 5.91 Å². The lowest BCUT2D eigenvalue weighted by Crippen LogP contribution is -2.33. The molecule has 4 rings (SSSR count). The number of aromatic nitrogens is 1. The predicted octanol–water partition coefficient (Wildman–Crippen LogP) is 4.33. The number of anilines is 1. The fourth-order valence-electron chi connectivity index (χ4n) is 2.92. The summed E-state index contributed by atoms with van der Waals surface area (Å²) in [5, 5.41) is 6.34. The molecule has 6 nitrogen and oxygen atoms in total. The minimum absolute atomic E-state index is 0.159. The Morgan fingerprint density at radius 2 is 1.59 bits per heavy atom. The number of rotatable bonds is 6. The van der Waals surface area contributed by atoms with Gasteiger partial charge in [-0.05, 0) is 36.4 Å². The SMILES string of the molecule is O=C(CNC(=O)c1cc2ccccc2[nH]1)Nc1ccccc1Oc1ccccc1. The van der Waals surface area contributed by atoms with Gasteiger partial charge in [0.05, 0.1) is 12.2 Å². The number of hydrogen-bond donors (Lipinski definition) is 3. The molecule has 2 amide bonds. The highest BCUT2D eigenvalue weighted by atomic mass is 16.5. The maximum absolute atomic E-state index is 12.3. The molecule has 29 heavy (non-hydrogen) atoms. The Kier molecular flexibility index (Phi) is 5.25. The number of ether oxygens (including phenoxy) is 1. The van der Waals surface area contributed by atoms with E-state index >= 15 is 0 Å². The minimum Gasteiger partial charge on any atom is -0.455 e. The van der Waals surface area contributed by atoms with E-state index in [1.165, 1.54) is 0 Å². The molecule has 0 saturated carbocycles. The molecule has 0 atom stereocenters. The first-order chi connectivity index (χ1) is 14.2. The summed E-state index contributed by atoms with van der Waals surface area (Å²) in [7, 11) is 0. The lowest BCUT2D eigenvalue weighted by Gasteiger charge is -2.12. The number of benzene rings is 3. The van der Waals surface area contributed by atoms with Gasteiger partial charge < -0.3 is 20.4 Å². The molecule has 0 fully saturated rings. The van der Waals surface area contributed by atoms with Gasteiger partial charge in [0, 0.05) is 10.9 Å². The highest BCUT2D eigenvalue weighted by Crippen LogP contribution is 2.28. The van der Waals surface area contributed by atoms with Crippen LogP contribution >= 0.6 is 0 Å². The van der Waals surface area contributed by atoms with Crippen LogP contribution in [0.25, 0.3) is 10.9 Å². The fraction of sp³-hybridized carbons (Fsp3) is 0.0435. The molecule has 0 bridgehead atoms. The Labute approximate surface area is 167 Å². The van der Waals surface area contributed by atoms with E-state index in [9.17, 15) is 9.59 Å². The summed E-state index contributed by atoms with van der Waals surface area (Å²) < 4.78 is 5.83. The van der Waals surface area contributed by atoms with Gasteiger partial charge in [-0.15, -0.1) is 0 Å². The van der Waals surface area contributed by atoms with Crippen LogP contribution in [0, 0.1) is 0 Å². The first-order valence-electron chi connectivity index (χ1n) is 9.17.